The van der Waals surface area contributed by atoms with Gasteiger partial charge in [-0.3, -0.25) is 4.90 Å². The van der Waals surface area contributed by atoms with Crippen LogP contribution in [0.15, 0.2) is 22.7 Å². The molecule has 0 amide bonds. The molecule has 0 N–H and O–H groups in total. The predicted molar refractivity (Wildman–Crippen MR) is 103 cm³/mol. The van der Waals surface area contributed by atoms with E-state index in [1.807, 2.05) is 0 Å². The first-order valence-corrected chi connectivity index (χ1v) is 11.0. The summed E-state index contributed by atoms with van der Waals surface area (Å²) in [7, 11) is -3.45. The number of nitrogens with zero attached hydrogens (tertiary/aromatic N) is 5. The van der Waals surface area contributed by atoms with Crippen molar-refractivity contribution in [3.05, 3.63) is 35.5 Å². The molecule has 1 aromatic carbocycles. The van der Waals surface area contributed by atoms with Crippen molar-refractivity contribution in [2.75, 3.05) is 52.5 Å². The normalized spacial score (nSPS) is 20.2. The van der Waals surface area contributed by atoms with Crippen LogP contribution in [-0.4, -0.2) is 84.6 Å². The highest BCUT2D eigenvalue weighted by molar-refractivity contribution is 7.86. The number of aryl methyl sites for hydroxylation is 1. The van der Waals surface area contributed by atoms with E-state index >= 15 is 0 Å². The zero-order valence-electron chi connectivity index (χ0n) is 16.3. The first kappa shape index (κ1) is 20.4. The quantitative estimate of drug-likeness (QED) is 0.702. The molecule has 2 saturated heterocycles. The van der Waals surface area contributed by atoms with Gasteiger partial charge >= 0.3 is 0 Å². The molecule has 0 unspecified atom stereocenters. The van der Waals surface area contributed by atoms with Gasteiger partial charge in [-0.2, -0.15) is 22.0 Å². The highest BCUT2D eigenvalue weighted by atomic mass is 32.2. The SMILES string of the molecule is Cc1ccc(-c2noc(CN3CCN(S(=O)(=O)N4CCOCC4)CC3)n2)cc1F. The average molecular weight is 425 g/mol. The van der Waals surface area contributed by atoms with Gasteiger partial charge in [0.15, 0.2) is 0 Å². The third-order valence-electron chi connectivity index (χ3n) is 5.21. The van der Waals surface area contributed by atoms with Crippen molar-refractivity contribution in [2.45, 2.75) is 13.5 Å². The molecule has 0 saturated carbocycles. The summed E-state index contributed by atoms with van der Waals surface area (Å²) in [5.41, 5.74) is 1.12. The summed E-state index contributed by atoms with van der Waals surface area (Å²) in [6.07, 6.45) is 0. The highest BCUT2D eigenvalue weighted by Gasteiger charge is 2.33. The predicted octanol–water partition coefficient (Wildman–Crippen LogP) is 0.879. The monoisotopic (exact) mass is 425 g/mol. The number of ether oxygens (including phenoxy) is 1. The average Bonchev–Trinajstić information content (AvgIpc) is 3.19. The molecule has 158 valence electrons. The van der Waals surface area contributed by atoms with Crippen LogP contribution in [0.3, 0.4) is 0 Å². The summed E-state index contributed by atoms with van der Waals surface area (Å²) < 4.78 is 52.7. The van der Waals surface area contributed by atoms with Crippen LogP contribution in [-0.2, 0) is 21.5 Å². The lowest BCUT2D eigenvalue weighted by atomic mass is 10.1. The van der Waals surface area contributed by atoms with Crippen molar-refractivity contribution in [3.8, 4) is 11.4 Å². The van der Waals surface area contributed by atoms with Gasteiger partial charge in [0.25, 0.3) is 10.2 Å². The highest BCUT2D eigenvalue weighted by Crippen LogP contribution is 2.20. The Bertz CT molecular complexity index is 953. The number of hydrogen-bond donors (Lipinski definition) is 0. The van der Waals surface area contributed by atoms with E-state index in [1.165, 1.54) is 14.7 Å². The van der Waals surface area contributed by atoms with Gasteiger partial charge < -0.3 is 9.26 Å². The maximum absolute atomic E-state index is 13.8. The van der Waals surface area contributed by atoms with Crippen molar-refractivity contribution < 1.29 is 22.1 Å². The zero-order chi connectivity index (χ0) is 20.4. The van der Waals surface area contributed by atoms with Crippen LogP contribution in [0.2, 0.25) is 0 Å². The number of hydrogen-bond acceptors (Lipinski definition) is 7. The molecule has 11 heteroatoms. The molecule has 4 rings (SSSR count). The van der Waals surface area contributed by atoms with Gasteiger partial charge in [0.05, 0.1) is 19.8 Å². The first-order chi connectivity index (χ1) is 13.9. The van der Waals surface area contributed by atoms with E-state index in [0.717, 1.165) is 0 Å². The molecule has 9 nitrogen and oxygen atoms in total. The summed E-state index contributed by atoms with van der Waals surface area (Å²) in [6, 6.07) is 4.82. The second kappa shape index (κ2) is 8.44. The number of benzene rings is 1. The molecule has 29 heavy (non-hydrogen) atoms. The van der Waals surface area contributed by atoms with Gasteiger partial charge in [-0.25, -0.2) is 4.39 Å². The Morgan fingerprint density at radius 2 is 1.76 bits per heavy atom. The Morgan fingerprint density at radius 1 is 1.07 bits per heavy atom. The standard InChI is InChI=1S/C18H24FN5O4S/c1-14-2-3-15(12-16(14)19)18-20-17(28-21-18)13-22-4-6-23(7-5-22)29(25,26)24-8-10-27-11-9-24/h2-3,12H,4-11,13H2,1H3. The van der Waals surface area contributed by atoms with E-state index in [1.54, 1.807) is 19.1 Å². The van der Waals surface area contributed by atoms with E-state index in [-0.39, 0.29) is 5.82 Å². The van der Waals surface area contributed by atoms with Crippen LogP contribution in [0.1, 0.15) is 11.5 Å². The number of halogens is 1. The lowest BCUT2D eigenvalue weighted by Crippen LogP contribution is -2.54. The fourth-order valence-corrected chi connectivity index (χ4v) is 4.98. The summed E-state index contributed by atoms with van der Waals surface area (Å²) in [5, 5.41) is 3.93. The molecule has 1 aromatic heterocycles. The largest absolute Gasteiger partial charge is 0.379 e. The van der Waals surface area contributed by atoms with E-state index in [2.05, 4.69) is 15.0 Å². The molecule has 2 aliphatic rings. The van der Waals surface area contributed by atoms with Gasteiger partial charge in [-0.05, 0) is 18.6 Å². The maximum atomic E-state index is 13.8. The van der Waals surface area contributed by atoms with Crippen molar-refractivity contribution in [3.63, 3.8) is 0 Å². The van der Waals surface area contributed by atoms with Crippen LogP contribution in [0.25, 0.3) is 11.4 Å². The van der Waals surface area contributed by atoms with Crippen LogP contribution in [0.4, 0.5) is 4.39 Å². The number of rotatable bonds is 5. The molecule has 2 aliphatic heterocycles. The summed E-state index contributed by atoms with van der Waals surface area (Å²) in [4.78, 5) is 6.41. The second-order valence-electron chi connectivity index (χ2n) is 7.17. The van der Waals surface area contributed by atoms with Crippen LogP contribution < -0.4 is 0 Å². The molecule has 2 fully saturated rings. The Morgan fingerprint density at radius 3 is 2.45 bits per heavy atom. The zero-order valence-corrected chi connectivity index (χ0v) is 17.1. The minimum atomic E-state index is -3.45. The molecule has 0 radical (unpaired) electrons. The number of aromatic nitrogens is 2. The number of morpholine rings is 1. The minimum absolute atomic E-state index is 0.313. The van der Waals surface area contributed by atoms with Gasteiger partial charge in [-0.1, -0.05) is 17.3 Å². The van der Waals surface area contributed by atoms with E-state index in [9.17, 15) is 12.8 Å². The minimum Gasteiger partial charge on any atom is -0.379 e. The second-order valence-corrected chi connectivity index (χ2v) is 9.10. The van der Waals surface area contributed by atoms with Crippen molar-refractivity contribution in [1.29, 1.82) is 0 Å². The molecule has 0 spiro atoms. The van der Waals surface area contributed by atoms with Crippen LogP contribution in [0, 0.1) is 12.7 Å². The Kier molecular flexibility index (Phi) is 5.93. The number of piperazine rings is 1. The third-order valence-corrected chi connectivity index (χ3v) is 7.25. The fourth-order valence-electron chi connectivity index (χ4n) is 3.42. The molecular weight excluding hydrogens is 401 g/mol. The fraction of sp³-hybridized carbons (Fsp3) is 0.556. The topological polar surface area (TPSA) is 92.0 Å². The lowest BCUT2D eigenvalue weighted by Gasteiger charge is -2.37. The van der Waals surface area contributed by atoms with Gasteiger partial charge in [0, 0.05) is 44.8 Å². The Hall–Kier alpha value is -1.92. The summed E-state index contributed by atoms with van der Waals surface area (Å²) in [6.45, 7) is 5.73. The molecular formula is C18H24FN5O4S. The van der Waals surface area contributed by atoms with E-state index < -0.39 is 10.2 Å². The maximum Gasteiger partial charge on any atom is 0.282 e. The Balaban J connectivity index is 1.34. The van der Waals surface area contributed by atoms with Crippen LogP contribution >= 0.6 is 0 Å². The lowest BCUT2D eigenvalue weighted by molar-refractivity contribution is 0.0681. The van der Waals surface area contributed by atoms with Crippen molar-refractivity contribution >= 4 is 10.2 Å². The molecule has 0 bridgehead atoms. The van der Waals surface area contributed by atoms with E-state index in [4.69, 9.17) is 9.26 Å². The summed E-state index contributed by atoms with van der Waals surface area (Å²) in [5.74, 6) is 0.448. The molecule has 0 aliphatic carbocycles. The van der Waals surface area contributed by atoms with E-state index in [0.29, 0.717) is 81.9 Å². The molecule has 3 heterocycles. The van der Waals surface area contributed by atoms with Crippen molar-refractivity contribution in [1.82, 2.24) is 23.7 Å². The Labute approximate surface area is 169 Å². The first-order valence-electron chi connectivity index (χ1n) is 9.58. The summed E-state index contributed by atoms with van der Waals surface area (Å²) >= 11 is 0. The van der Waals surface area contributed by atoms with Gasteiger partial charge in [0.2, 0.25) is 11.7 Å². The molecule has 2 aromatic rings. The van der Waals surface area contributed by atoms with Crippen molar-refractivity contribution in [2.24, 2.45) is 0 Å². The van der Waals surface area contributed by atoms with Gasteiger partial charge in [-0.15, -0.1) is 0 Å². The van der Waals surface area contributed by atoms with Gasteiger partial charge in [0.1, 0.15) is 5.82 Å². The van der Waals surface area contributed by atoms with Crippen LogP contribution in [0.5, 0.6) is 0 Å². The third kappa shape index (κ3) is 4.48. The smallest absolute Gasteiger partial charge is 0.282 e. The molecule has 0 atom stereocenters.